The first kappa shape index (κ1) is 12.2. The Morgan fingerprint density at radius 1 is 1.32 bits per heavy atom. The van der Waals surface area contributed by atoms with Gasteiger partial charge in [0.1, 0.15) is 23.8 Å². The van der Waals surface area contributed by atoms with Crippen molar-refractivity contribution in [1.29, 1.82) is 0 Å². The third-order valence-electron chi connectivity index (χ3n) is 3.16. The van der Waals surface area contributed by atoms with Crippen LogP contribution in [0, 0.1) is 6.92 Å². The highest BCUT2D eigenvalue weighted by Gasteiger charge is 2.19. The Kier molecular flexibility index (Phi) is 3.51. The van der Waals surface area contributed by atoms with Gasteiger partial charge in [-0.3, -0.25) is 0 Å². The molecule has 1 heterocycles. The molecular weight excluding hydrogens is 240 g/mol. The van der Waals surface area contributed by atoms with E-state index in [1.54, 1.807) is 0 Å². The zero-order chi connectivity index (χ0) is 13.1. The van der Waals surface area contributed by atoms with Crippen LogP contribution in [-0.4, -0.2) is 11.2 Å². The average Bonchev–Trinajstić information content (AvgIpc) is 3.17. The van der Waals surface area contributed by atoms with E-state index >= 15 is 0 Å². The normalized spacial score (nSPS) is 14.6. The molecule has 1 aliphatic carbocycles. The maximum Gasteiger partial charge on any atom is 0.134 e. The second kappa shape index (κ2) is 5.45. The second-order valence-electron chi connectivity index (χ2n) is 5.02. The maximum absolute atomic E-state index is 5.66. The number of rotatable bonds is 6. The molecule has 2 aromatic rings. The molecule has 1 aliphatic rings. The minimum atomic E-state index is 0.441. The van der Waals surface area contributed by atoms with Crippen molar-refractivity contribution in [3.63, 3.8) is 0 Å². The lowest BCUT2D eigenvalue weighted by Crippen LogP contribution is -2.15. The first-order valence-electron chi connectivity index (χ1n) is 6.67. The van der Waals surface area contributed by atoms with Gasteiger partial charge in [0, 0.05) is 18.7 Å². The van der Waals surface area contributed by atoms with E-state index in [1.165, 1.54) is 18.4 Å². The molecule has 0 bridgehead atoms. The molecule has 3 rings (SSSR count). The van der Waals surface area contributed by atoms with Gasteiger partial charge in [0.15, 0.2) is 0 Å². The highest BCUT2D eigenvalue weighted by Crippen LogP contribution is 2.20. The molecule has 1 aromatic carbocycles. The highest BCUT2D eigenvalue weighted by atomic mass is 16.5. The molecule has 4 nitrogen and oxygen atoms in total. The quantitative estimate of drug-likeness (QED) is 0.865. The second-order valence-corrected chi connectivity index (χ2v) is 5.02. The molecular formula is C15H18N2O2. The lowest BCUT2D eigenvalue weighted by atomic mass is 10.2. The van der Waals surface area contributed by atoms with Crippen molar-refractivity contribution in [3.8, 4) is 5.75 Å². The lowest BCUT2D eigenvalue weighted by molar-refractivity contribution is 0.288. The van der Waals surface area contributed by atoms with Crippen LogP contribution in [0.5, 0.6) is 5.75 Å². The SMILES string of the molecule is Cc1cc(COc2ccc(CNC3CC3)cc2)no1. The molecule has 1 N–H and O–H groups in total. The first-order chi connectivity index (χ1) is 9.29. The number of hydrogen-bond acceptors (Lipinski definition) is 4. The van der Waals surface area contributed by atoms with Crippen LogP contribution in [0.15, 0.2) is 34.9 Å². The Hall–Kier alpha value is -1.81. The van der Waals surface area contributed by atoms with Gasteiger partial charge >= 0.3 is 0 Å². The predicted molar refractivity (Wildman–Crippen MR) is 71.9 cm³/mol. The van der Waals surface area contributed by atoms with Gasteiger partial charge in [0.2, 0.25) is 0 Å². The smallest absolute Gasteiger partial charge is 0.134 e. The van der Waals surface area contributed by atoms with Crippen LogP contribution >= 0.6 is 0 Å². The van der Waals surface area contributed by atoms with E-state index in [1.807, 2.05) is 25.1 Å². The van der Waals surface area contributed by atoms with Crippen molar-refractivity contribution in [2.75, 3.05) is 0 Å². The van der Waals surface area contributed by atoms with E-state index < -0.39 is 0 Å². The molecule has 19 heavy (non-hydrogen) atoms. The van der Waals surface area contributed by atoms with Gasteiger partial charge in [0.25, 0.3) is 0 Å². The molecule has 4 heteroatoms. The van der Waals surface area contributed by atoms with Gasteiger partial charge in [-0.05, 0) is 37.5 Å². The van der Waals surface area contributed by atoms with Crippen LogP contribution in [-0.2, 0) is 13.2 Å². The van der Waals surface area contributed by atoms with Crippen molar-refractivity contribution in [2.45, 2.75) is 39.0 Å². The van der Waals surface area contributed by atoms with E-state index in [9.17, 15) is 0 Å². The summed E-state index contributed by atoms with van der Waals surface area (Å²) in [6.07, 6.45) is 2.64. The number of benzene rings is 1. The van der Waals surface area contributed by atoms with Gasteiger partial charge in [-0.15, -0.1) is 0 Å². The van der Waals surface area contributed by atoms with Crippen LogP contribution in [0.25, 0.3) is 0 Å². The van der Waals surface area contributed by atoms with Crippen LogP contribution in [0.3, 0.4) is 0 Å². The Morgan fingerprint density at radius 2 is 2.11 bits per heavy atom. The summed E-state index contributed by atoms with van der Waals surface area (Å²) in [5.41, 5.74) is 2.11. The number of nitrogens with zero attached hydrogens (tertiary/aromatic N) is 1. The number of aromatic nitrogens is 1. The lowest BCUT2D eigenvalue weighted by Gasteiger charge is -2.06. The summed E-state index contributed by atoms with van der Waals surface area (Å²) in [6.45, 7) is 3.25. The zero-order valence-electron chi connectivity index (χ0n) is 11.1. The molecule has 0 aliphatic heterocycles. The van der Waals surface area contributed by atoms with Crippen LogP contribution in [0.4, 0.5) is 0 Å². The van der Waals surface area contributed by atoms with Gasteiger partial charge in [-0.1, -0.05) is 17.3 Å². The summed E-state index contributed by atoms with van der Waals surface area (Å²) >= 11 is 0. The van der Waals surface area contributed by atoms with Gasteiger partial charge < -0.3 is 14.6 Å². The Labute approximate surface area is 112 Å². The van der Waals surface area contributed by atoms with Crippen LogP contribution < -0.4 is 10.1 Å². The molecule has 1 aromatic heterocycles. The Morgan fingerprint density at radius 3 is 2.74 bits per heavy atom. The van der Waals surface area contributed by atoms with Crippen LogP contribution in [0.1, 0.15) is 29.9 Å². The third kappa shape index (κ3) is 3.58. The monoisotopic (exact) mass is 258 g/mol. The summed E-state index contributed by atoms with van der Waals surface area (Å²) in [7, 11) is 0. The predicted octanol–water partition coefficient (Wildman–Crippen LogP) is 2.81. The minimum absolute atomic E-state index is 0.441. The average molecular weight is 258 g/mol. The summed E-state index contributed by atoms with van der Waals surface area (Å²) < 4.78 is 10.6. The first-order valence-corrected chi connectivity index (χ1v) is 6.67. The van der Waals surface area contributed by atoms with Gasteiger partial charge in [-0.2, -0.15) is 0 Å². The summed E-state index contributed by atoms with van der Waals surface area (Å²) in [5, 5.41) is 7.38. The molecule has 0 amide bonds. The number of hydrogen-bond donors (Lipinski definition) is 1. The zero-order valence-corrected chi connectivity index (χ0v) is 11.1. The fourth-order valence-electron chi connectivity index (χ4n) is 1.90. The standard InChI is InChI=1S/C15H18N2O2/c1-11-8-14(17-19-11)10-18-15-6-2-12(3-7-15)9-16-13-4-5-13/h2-3,6-8,13,16H,4-5,9-10H2,1H3. The maximum atomic E-state index is 5.66. The summed E-state index contributed by atoms with van der Waals surface area (Å²) in [4.78, 5) is 0. The summed E-state index contributed by atoms with van der Waals surface area (Å²) in [6, 6.07) is 10.8. The van der Waals surface area contributed by atoms with Crippen LogP contribution in [0.2, 0.25) is 0 Å². The van der Waals surface area contributed by atoms with E-state index in [-0.39, 0.29) is 0 Å². The van der Waals surface area contributed by atoms with Gasteiger partial charge in [0.05, 0.1) is 0 Å². The molecule has 0 atom stereocenters. The van der Waals surface area contributed by atoms with E-state index in [2.05, 4.69) is 22.6 Å². The van der Waals surface area contributed by atoms with Crippen molar-refractivity contribution in [3.05, 3.63) is 47.3 Å². The molecule has 1 saturated carbocycles. The molecule has 0 radical (unpaired) electrons. The van der Waals surface area contributed by atoms with Gasteiger partial charge in [-0.25, -0.2) is 0 Å². The van der Waals surface area contributed by atoms with E-state index in [0.29, 0.717) is 6.61 Å². The molecule has 1 fully saturated rings. The van der Waals surface area contributed by atoms with Crippen molar-refractivity contribution in [2.24, 2.45) is 0 Å². The minimum Gasteiger partial charge on any atom is -0.487 e. The third-order valence-corrected chi connectivity index (χ3v) is 3.16. The van der Waals surface area contributed by atoms with Crippen molar-refractivity contribution in [1.82, 2.24) is 10.5 Å². The number of aryl methyl sites for hydroxylation is 1. The molecule has 100 valence electrons. The number of ether oxygens (including phenoxy) is 1. The van der Waals surface area contributed by atoms with Crippen molar-refractivity contribution >= 4 is 0 Å². The largest absolute Gasteiger partial charge is 0.487 e. The fraction of sp³-hybridized carbons (Fsp3) is 0.400. The van der Waals surface area contributed by atoms with E-state index in [4.69, 9.17) is 9.26 Å². The fourth-order valence-corrected chi connectivity index (χ4v) is 1.90. The van der Waals surface area contributed by atoms with Crippen molar-refractivity contribution < 1.29 is 9.26 Å². The highest BCUT2D eigenvalue weighted by molar-refractivity contribution is 5.27. The Bertz CT molecular complexity index is 529. The molecule has 0 saturated heterocycles. The van der Waals surface area contributed by atoms with E-state index in [0.717, 1.165) is 29.8 Å². The molecule has 0 unspecified atom stereocenters. The summed E-state index contributed by atoms with van der Waals surface area (Å²) in [5.74, 6) is 1.66. The Balaban J connectivity index is 1.50. The topological polar surface area (TPSA) is 47.3 Å². The molecule has 0 spiro atoms. The number of nitrogens with one attached hydrogen (secondary N) is 1.